The summed E-state index contributed by atoms with van der Waals surface area (Å²) in [6.45, 7) is 0. The maximum absolute atomic E-state index is 12.3. The first-order valence-corrected chi connectivity index (χ1v) is 7.47. The van der Waals surface area contributed by atoms with Crippen molar-refractivity contribution in [3.05, 3.63) is 39.4 Å². The lowest BCUT2D eigenvalue weighted by Crippen LogP contribution is -2.48. The average Bonchev–Trinajstić information content (AvgIpc) is 2.80. The van der Waals surface area contributed by atoms with Gasteiger partial charge in [0, 0.05) is 12.0 Å². The molecule has 23 heavy (non-hydrogen) atoms. The monoisotopic (exact) mass is 317 g/mol. The number of hydrazine groups is 1. The van der Waals surface area contributed by atoms with Crippen LogP contribution in [0.1, 0.15) is 52.8 Å². The van der Waals surface area contributed by atoms with Crippen molar-refractivity contribution < 1.29 is 19.3 Å². The van der Waals surface area contributed by atoms with E-state index in [2.05, 4.69) is 5.43 Å². The van der Waals surface area contributed by atoms with Gasteiger partial charge in [0.2, 0.25) is 5.91 Å². The number of nitro benzene ring substituents is 1. The summed E-state index contributed by atoms with van der Waals surface area (Å²) >= 11 is 0. The molecule has 1 fully saturated rings. The molecule has 2 aliphatic rings. The first-order valence-electron chi connectivity index (χ1n) is 7.47. The Bertz CT molecular complexity index is 709. The van der Waals surface area contributed by atoms with Gasteiger partial charge in [-0.2, -0.15) is 5.01 Å². The molecule has 1 heterocycles. The van der Waals surface area contributed by atoms with E-state index in [4.69, 9.17) is 0 Å². The summed E-state index contributed by atoms with van der Waals surface area (Å²) in [5.74, 6) is -2.22. The zero-order valence-corrected chi connectivity index (χ0v) is 12.3. The smallest absolute Gasteiger partial charge is 0.273 e. The predicted molar refractivity (Wildman–Crippen MR) is 78.3 cm³/mol. The molecule has 1 N–H and O–H groups in total. The van der Waals surface area contributed by atoms with Gasteiger partial charge in [0.05, 0.1) is 10.5 Å². The van der Waals surface area contributed by atoms with Gasteiger partial charge in [-0.3, -0.25) is 29.9 Å². The van der Waals surface area contributed by atoms with Gasteiger partial charge in [0.1, 0.15) is 5.56 Å². The van der Waals surface area contributed by atoms with E-state index in [1.807, 2.05) is 0 Å². The zero-order chi connectivity index (χ0) is 16.6. The molecule has 120 valence electrons. The molecule has 0 radical (unpaired) electrons. The second-order valence-electron chi connectivity index (χ2n) is 5.71. The molecule has 0 bridgehead atoms. The van der Waals surface area contributed by atoms with Crippen LogP contribution in [0.3, 0.4) is 0 Å². The van der Waals surface area contributed by atoms with Crippen LogP contribution in [0.2, 0.25) is 0 Å². The number of benzene rings is 1. The molecule has 8 heteroatoms. The highest BCUT2D eigenvalue weighted by atomic mass is 16.6. The molecule has 8 nitrogen and oxygen atoms in total. The van der Waals surface area contributed by atoms with E-state index in [9.17, 15) is 24.5 Å². The standard InChI is InChI=1S/C15H15N3O5/c19-13(9-5-2-1-3-6-9)16-17-14(20)10-7-4-8-11(18(22)23)12(10)15(17)21/h4,7-9H,1-3,5-6H2,(H,16,19). The lowest BCUT2D eigenvalue weighted by Gasteiger charge is -2.23. The third-order valence-electron chi connectivity index (χ3n) is 4.29. The molecule has 0 atom stereocenters. The van der Waals surface area contributed by atoms with Crippen LogP contribution < -0.4 is 5.43 Å². The number of imide groups is 1. The fourth-order valence-electron chi connectivity index (χ4n) is 3.09. The molecule has 0 aromatic heterocycles. The first-order chi connectivity index (χ1) is 11.0. The molecule has 3 amide bonds. The largest absolute Gasteiger partial charge is 0.287 e. The maximum Gasteiger partial charge on any atom is 0.287 e. The highest BCUT2D eigenvalue weighted by Gasteiger charge is 2.42. The van der Waals surface area contributed by atoms with Gasteiger partial charge < -0.3 is 0 Å². The first kappa shape index (κ1) is 15.1. The lowest BCUT2D eigenvalue weighted by molar-refractivity contribution is -0.385. The Hall–Kier alpha value is -2.77. The van der Waals surface area contributed by atoms with Crippen LogP contribution in [-0.2, 0) is 4.79 Å². The molecule has 0 spiro atoms. The number of nitro groups is 1. The summed E-state index contributed by atoms with van der Waals surface area (Å²) in [5.41, 5.74) is 1.57. The van der Waals surface area contributed by atoms with Gasteiger partial charge in [-0.1, -0.05) is 25.3 Å². The van der Waals surface area contributed by atoms with E-state index in [1.165, 1.54) is 12.1 Å². The molecule has 1 aliphatic carbocycles. The van der Waals surface area contributed by atoms with Crippen molar-refractivity contribution in [1.82, 2.24) is 10.4 Å². The second-order valence-corrected chi connectivity index (χ2v) is 5.71. The Balaban J connectivity index is 1.84. The van der Waals surface area contributed by atoms with E-state index in [0.717, 1.165) is 38.2 Å². The summed E-state index contributed by atoms with van der Waals surface area (Å²) in [6.07, 6.45) is 4.38. The molecular weight excluding hydrogens is 302 g/mol. The minimum absolute atomic E-state index is 0.0619. The van der Waals surface area contributed by atoms with Gasteiger partial charge in [-0.05, 0) is 18.9 Å². The number of hydrogen-bond donors (Lipinski definition) is 1. The Morgan fingerprint density at radius 1 is 1.17 bits per heavy atom. The molecule has 1 aromatic rings. The van der Waals surface area contributed by atoms with Gasteiger partial charge >= 0.3 is 0 Å². The number of rotatable bonds is 3. The molecule has 1 saturated carbocycles. The SMILES string of the molecule is O=C(NN1C(=O)c2cccc([N+](=O)[O-])c2C1=O)C1CCCCC1. The van der Waals surface area contributed by atoms with Crippen LogP contribution in [0.15, 0.2) is 18.2 Å². The Kier molecular flexibility index (Phi) is 3.81. The van der Waals surface area contributed by atoms with Crippen LogP contribution >= 0.6 is 0 Å². The van der Waals surface area contributed by atoms with Crippen LogP contribution in [-0.4, -0.2) is 27.7 Å². The molecule has 3 rings (SSSR count). The number of carbonyl (C=O) groups excluding carboxylic acids is 3. The third-order valence-corrected chi connectivity index (χ3v) is 4.29. The summed E-state index contributed by atoms with van der Waals surface area (Å²) < 4.78 is 0. The van der Waals surface area contributed by atoms with Crippen molar-refractivity contribution in [1.29, 1.82) is 0 Å². The quantitative estimate of drug-likeness (QED) is 0.519. The molecule has 1 aliphatic heterocycles. The van der Waals surface area contributed by atoms with Crippen molar-refractivity contribution in [3.8, 4) is 0 Å². The minimum Gasteiger partial charge on any atom is -0.273 e. The van der Waals surface area contributed by atoms with Crippen molar-refractivity contribution in [2.45, 2.75) is 32.1 Å². The minimum atomic E-state index is -0.860. The highest BCUT2D eigenvalue weighted by molar-refractivity contribution is 6.23. The molecule has 0 unspecified atom stereocenters. The summed E-state index contributed by atoms with van der Waals surface area (Å²) in [5, 5.41) is 11.6. The van der Waals surface area contributed by atoms with Crippen molar-refractivity contribution >= 4 is 23.4 Å². The van der Waals surface area contributed by atoms with Crippen molar-refractivity contribution in [3.63, 3.8) is 0 Å². The lowest BCUT2D eigenvalue weighted by atomic mass is 9.89. The van der Waals surface area contributed by atoms with E-state index >= 15 is 0 Å². The van der Waals surface area contributed by atoms with Crippen LogP contribution in [0.4, 0.5) is 5.69 Å². The van der Waals surface area contributed by atoms with E-state index < -0.39 is 22.4 Å². The number of nitrogens with one attached hydrogen (secondary N) is 1. The Labute approximate surface area is 131 Å². The topological polar surface area (TPSA) is 110 Å². The summed E-state index contributed by atoms with van der Waals surface area (Å²) in [4.78, 5) is 47.1. The number of nitrogens with zero attached hydrogens (tertiary/aromatic N) is 2. The van der Waals surface area contributed by atoms with Crippen molar-refractivity contribution in [2.24, 2.45) is 5.92 Å². The van der Waals surface area contributed by atoms with Crippen LogP contribution in [0.5, 0.6) is 0 Å². The Morgan fingerprint density at radius 3 is 2.52 bits per heavy atom. The Morgan fingerprint density at radius 2 is 1.87 bits per heavy atom. The number of fused-ring (bicyclic) bond motifs is 1. The molecule has 0 saturated heterocycles. The van der Waals surface area contributed by atoms with E-state index in [1.54, 1.807) is 0 Å². The number of hydrogen-bond acceptors (Lipinski definition) is 5. The van der Waals surface area contributed by atoms with Crippen molar-refractivity contribution in [2.75, 3.05) is 0 Å². The van der Waals surface area contributed by atoms with Gasteiger partial charge in [0.15, 0.2) is 0 Å². The van der Waals surface area contributed by atoms with Gasteiger partial charge in [-0.25, -0.2) is 0 Å². The van der Waals surface area contributed by atoms with Gasteiger partial charge in [-0.15, -0.1) is 0 Å². The maximum atomic E-state index is 12.3. The normalized spacial score (nSPS) is 18.0. The zero-order valence-electron chi connectivity index (χ0n) is 12.3. The van der Waals surface area contributed by atoms with Gasteiger partial charge in [0.25, 0.3) is 17.5 Å². The average molecular weight is 317 g/mol. The third kappa shape index (κ3) is 2.56. The van der Waals surface area contributed by atoms with Crippen LogP contribution in [0, 0.1) is 16.0 Å². The number of amides is 3. The summed E-state index contributed by atoms with van der Waals surface area (Å²) in [7, 11) is 0. The fraction of sp³-hybridized carbons (Fsp3) is 0.400. The van der Waals surface area contributed by atoms with E-state index in [-0.39, 0.29) is 23.0 Å². The second kappa shape index (κ2) is 5.79. The van der Waals surface area contributed by atoms with Crippen LogP contribution in [0.25, 0.3) is 0 Å². The predicted octanol–water partition coefficient (Wildman–Crippen LogP) is 1.80. The molecular formula is C15H15N3O5. The highest BCUT2D eigenvalue weighted by Crippen LogP contribution is 2.30. The van der Waals surface area contributed by atoms with E-state index in [0.29, 0.717) is 5.01 Å². The number of carbonyl (C=O) groups is 3. The fourth-order valence-corrected chi connectivity index (χ4v) is 3.09. The summed E-state index contributed by atoms with van der Waals surface area (Å²) in [6, 6.07) is 3.85. The molecule has 1 aromatic carbocycles.